The van der Waals surface area contributed by atoms with E-state index in [0.717, 1.165) is 6.07 Å². The van der Waals surface area contributed by atoms with Gasteiger partial charge in [0.05, 0.1) is 11.3 Å². The van der Waals surface area contributed by atoms with E-state index in [1.807, 2.05) is 0 Å². The maximum atomic E-state index is 10.6. The van der Waals surface area contributed by atoms with Gasteiger partial charge in [-0.3, -0.25) is 0 Å². The number of anilines is 1. The molecule has 0 unspecified atom stereocenters. The van der Waals surface area contributed by atoms with E-state index in [2.05, 4.69) is 0 Å². The number of carboxylic acids is 1. The summed E-state index contributed by atoms with van der Waals surface area (Å²) in [6.07, 6.45) is 0. The quantitative estimate of drug-likeness (QED) is 0.572. The molecule has 0 bridgehead atoms. The van der Waals surface area contributed by atoms with Crippen LogP contribution in [-0.4, -0.2) is 16.2 Å². The molecule has 0 fully saturated rings. The van der Waals surface area contributed by atoms with E-state index < -0.39 is 11.7 Å². The number of aromatic carboxylic acids is 1. The number of nitriles is 1. The Morgan fingerprint density at radius 1 is 1.64 bits per heavy atom. The molecule has 0 spiro atoms. The van der Waals surface area contributed by atoms with Crippen molar-refractivity contribution in [3.63, 3.8) is 0 Å². The van der Waals surface area contributed by atoms with Crippen molar-refractivity contribution in [2.45, 2.75) is 6.92 Å². The lowest BCUT2D eigenvalue weighted by molar-refractivity contribution is 0.0693. The van der Waals surface area contributed by atoms with Crippen molar-refractivity contribution in [2.75, 3.05) is 5.73 Å². The van der Waals surface area contributed by atoms with Crippen LogP contribution in [0.25, 0.3) is 0 Å². The first-order valence-corrected chi connectivity index (χ1v) is 3.74. The number of carbonyl (C=O) groups is 1. The summed E-state index contributed by atoms with van der Waals surface area (Å²) < 4.78 is 0. The second-order valence-corrected chi connectivity index (χ2v) is 2.78. The molecule has 5 heteroatoms. The number of hydrogen-bond donors (Lipinski definition) is 3. The predicted octanol–water partition coefficient (Wildman–Crippen LogP) is 0.853. The fourth-order valence-corrected chi connectivity index (χ4v) is 1.08. The lowest BCUT2D eigenvalue weighted by Crippen LogP contribution is -2.03. The Labute approximate surface area is 80.0 Å². The fraction of sp³-hybridized carbons (Fsp3) is 0.111. The summed E-state index contributed by atoms with van der Waals surface area (Å²) in [5.74, 6) is -1.68. The molecular weight excluding hydrogens is 184 g/mol. The topological polar surface area (TPSA) is 107 Å². The van der Waals surface area contributed by atoms with Crippen LogP contribution >= 0.6 is 0 Å². The summed E-state index contributed by atoms with van der Waals surface area (Å²) >= 11 is 0. The lowest BCUT2D eigenvalue weighted by Gasteiger charge is -2.07. The zero-order valence-corrected chi connectivity index (χ0v) is 7.40. The summed E-state index contributed by atoms with van der Waals surface area (Å²) in [5, 5.41) is 26.7. The second kappa shape index (κ2) is 3.26. The largest absolute Gasteiger partial charge is 0.507 e. The van der Waals surface area contributed by atoms with Gasteiger partial charge in [-0.1, -0.05) is 0 Å². The third-order valence-electron chi connectivity index (χ3n) is 1.94. The molecule has 0 aromatic heterocycles. The van der Waals surface area contributed by atoms with Crippen LogP contribution in [0.4, 0.5) is 5.69 Å². The van der Waals surface area contributed by atoms with E-state index in [1.54, 1.807) is 6.07 Å². The molecule has 14 heavy (non-hydrogen) atoms. The molecule has 0 atom stereocenters. The van der Waals surface area contributed by atoms with Crippen LogP contribution in [0.3, 0.4) is 0 Å². The van der Waals surface area contributed by atoms with Gasteiger partial charge in [0.1, 0.15) is 17.4 Å². The summed E-state index contributed by atoms with van der Waals surface area (Å²) in [6.45, 7) is 1.46. The molecule has 0 aliphatic heterocycles. The normalized spacial score (nSPS) is 9.43. The first-order chi connectivity index (χ1) is 6.49. The molecule has 0 radical (unpaired) electrons. The van der Waals surface area contributed by atoms with Crippen LogP contribution in [0, 0.1) is 18.3 Å². The molecule has 0 amide bonds. The summed E-state index contributed by atoms with van der Waals surface area (Å²) in [6, 6.07) is 2.81. The predicted molar refractivity (Wildman–Crippen MR) is 48.9 cm³/mol. The molecule has 0 aliphatic carbocycles. The van der Waals surface area contributed by atoms with Crippen LogP contribution in [0.2, 0.25) is 0 Å². The molecule has 0 aliphatic rings. The van der Waals surface area contributed by atoms with E-state index in [-0.39, 0.29) is 22.4 Å². The molecule has 4 N–H and O–H groups in total. The Kier molecular flexibility index (Phi) is 2.30. The van der Waals surface area contributed by atoms with E-state index in [1.165, 1.54) is 6.92 Å². The fourth-order valence-electron chi connectivity index (χ4n) is 1.08. The number of benzene rings is 1. The Hall–Kier alpha value is -2.22. The third kappa shape index (κ3) is 1.33. The molecule has 1 aromatic carbocycles. The highest BCUT2D eigenvalue weighted by Gasteiger charge is 2.16. The zero-order valence-electron chi connectivity index (χ0n) is 7.40. The van der Waals surface area contributed by atoms with Gasteiger partial charge in [0.2, 0.25) is 0 Å². The molecule has 1 rings (SSSR count). The van der Waals surface area contributed by atoms with E-state index in [9.17, 15) is 9.90 Å². The SMILES string of the molecule is Cc1c(N)c(C#N)cc(C(=O)O)c1O. The molecule has 72 valence electrons. The Bertz CT molecular complexity index is 446. The molecule has 0 saturated carbocycles. The van der Waals surface area contributed by atoms with Crippen molar-refractivity contribution in [3.05, 3.63) is 22.8 Å². The summed E-state index contributed by atoms with van der Waals surface area (Å²) in [4.78, 5) is 10.6. The number of rotatable bonds is 1. The number of hydrogen-bond acceptors (Lipinski definition) is 4. The van der Waals surface area contributed by atoms with Gasteiger partial charge in [-0.15, -0.1) is 0 Å². The average molecular weight is 192 g/mol. The van der Waals surface area contributed by atoms with Crippen molar-refractivity contribution in [1.82, 2.24) is 0 Å². The summed E-state index contributed by atoms with van der Waals surface area (Å²) in [7, 11) is 0. The number of aromatic hydroxyl groups is 1. The highest BCUT2D eigenvalue weighted by molar-refractivity contribution is 5.93. The van der Waals surface area contributed by atoms with Crippen molar-refractivity contribution < 1.29 is 15.0 Å². The standard InChI is InChI=1S/C9H8N2O3/c1-4-7(11)5(3-10)2-6(8(4)12)9(13)14/h2,12H,11H2,1H3,(H,13,14). The van der Waals surface area contributed by atoms with Crippen LogP contribution < -0.4 is 5.73 Å². The minimum absolute atomic E-state index is 0.0534. The van der Waals surface area contributed by atoms with Crippen LogP contribution in [0.1, 0.15) is 21.5 Å². The lowest BCUT2D eigenvalue weighted by atomic mass is 10.0. The van der Waals surface area contributed by atoms with Crippen LogP contribution in [0.5, 0.6) is 5.75 Å². The zero-order chi connectivity index (χ0) is 10.9. The van der Waals surface area contributed by atoms with Crippen molar-refractivity contribution in [3.8, 4) is 11.8 Å². The number of nitrogens with two attached hydrogens (primary N) is 1. The van der Waals surface area contributed by atoms with Gasteiger partial charge in [-0.25, -0.2) is 4.79 Å². The van der Waals surface area contributed by atoms with E-state index >= 15 is 0 Å². The van der Waals surface area contributed by atoms with Crippen molar-refractivity contribution in [1.29, 1.82) is 5.26 Å². The maximum Gasteiger partial charge on any atom is 0.339 e. The van der Waals surface area contributed by atoms with Gasteiger partial charge in [0.25, 0.3) is 0 Å². The first-order valence-electron chi connectivity index (χ1n) is 3.74. The smallest absolute Gasteiger partial charge is 0.339 e. The Morgan fingerprint density at radius 3 is 2.64 bits per heavy atom. The Morgan fingerprint density at radius 2 is 2.21 bits per heavy atom. The molecule has 5 nitrogen and oxygen atoms in total. The van der Waals surface area contributed by atoms with Gasteiger partial charge in [-0.05, 0) is 13.0 Å². The van der Waals surface area contributed by atoms with Gasteiger partial charge in [-0.2, -0.15) is 5.26 Å². The van der Waals surface area contributed by atoms with Crippen LogP contribution in [-0.2, 0) is 0 Å². The van der Waals surface area contributed by atoms with E-state index in [4.69, 9.17) is 16.1 Å². The number of nitrogen functional groups attached to an aromatic ring is 1. The van der Waals surface area contributed by atoms with Gasteiger partial charge < -0.3 is 15.9 Å². The average Bonchev–Trinajstić information content (AvgIpc) is 2.14. The molecular formula is C9H8N2O3. The van der Waals surface area contributed by atoms with Crippen molar-refractivity contribution in [2.24, 2.45) is 0 Å². The highest BCUT2D eigenvalue weighted by Crippen LogP contribution is 2.29. The number of phenols is 1. The summed E-state index contributed by atoms with van der Waals surface area (Å²) in [5.41, 5.74) is 5.55. The van der Waals surface area contributed by atoms with Gasteiger partial charge in [0.15, 0.2) is 0 Å². The Balaban J connectivity index is 3.59. The number of nitrogens with zero attached hydrogens (tertiary/aromatic N) is 1. The van der Waals surface area contributed by atoms with Crippen molar-refractivity contribution >= 4 is 11.7 Å². The van der Waals surface area contributed by atoms with Gasteiger partial charge >= 0.3 is 5.97 Å². The van der Waals surface area contributed by atoms with Crippen LogP contribution in [0.15, 0.2) is 6.07 Å². The van der Waals surface area contributed by atoms with Gasteiger partial charge in [0, 0.05) is 5.56 Å². The number of carboxylic acid groups (broad SMARTS) is 1. The third-order valence-corrected chi connectivity index (χ3v) is 1.94. The van der Waals surface area contributed by atoms with E-state index in [0.29, 0.717) is 0 Å². The monoisotopic (exact) mass is 192 g/mol. The first kappa shape index (κ1) is 9.86. The minimum Gasteiger partial charge on any atom is -0.507 e. The molecule has 1 aromatic rings. The highest BCUT2D eigenvalue weighted by atomic mass is 16.4. The molecule has 0 saturated heterocycles. The maximum absolute atomic E-state index is 10.6. The molecule has 0 heterocycles. The second-order valence-electron chi connectivity index (χ2n) is 2.78. The minimum atomic E-state index is -1.29.